The third kappa shape index (κ3) is 5.49. The Morgan fingerprint density at radius 2 is 1.73 bits per heavy atom. The van der Waals surface area contributed by atoms with E-state index in [-0.39, 0.29) is 27.8 Å². The van der Waals surface area contributed by atoms with Crippen LogP contribution >= 0.6 is 0 Å². The van der Waals surface area contributed by atoms with Gasteiger partial charge in [0.05, 0.1) is 35.9 Å². The van der Waals surface area contributed by atoms with E-state index in [9.17, 15) is 23.6 Å². The first-order valence-corrected chi connectivity index (χ1v) is 10.8. The number of sulfonamides is 1. The minimum absolute atomic E-state index is 0.0155. The Morgan fingerprint density at radius 3 is 2.42 bits per heavy atom. The number of nitrogens with zero attached hydrogens (tertiary/aromatic N) is 2. The van der Waals surface area contributed by atoms with Gasteiger partial charge < -0.3 is 14.6 Å². The van der Waals surface area contributed by atoms with E-state index in [1.165, 1.54) is 50.8 Å². The van der Waals surface area contributed by atoms with Crippen LogP contribution in [0.3, 0.4) is 0 Å². The number of hydrazone groups is 1. The van der Waals surface area contributed by atoms with Gasteiger partial charge in [0.2, 0.25) is 0 Å². The van der Waals surface area contributed by atoms with Crippen LogP contribution in [0.2, 0.25) is 0 Å². The first-order valence-electron chi connectivity index (χ1n) is 9.35. The van der Waals surface area contributed by atoms with E-state index in [0.717, 1.165) is 6.07 Å². The summed E-state index contributed by atoms with van der Waals surface area (Å²) in [5.41, 5.74) is 2.78. The Morgan fingerprint density at radius 1 is 1.00 bits per heavy atom. The number of hydrogen-bond acceptors (Lipinski definition) is 9. The van der Waals surface area contributed by atoms with Crippen LogP contribution in [0.15, 0.2) is 70.7 Å². The van der Waals surface area contributed by atoms with E-state index in [1.54, 1.807) is 24.3 Å². The molecule has 12 heteroatoms. The minimum Gasteiger partial charge on any atom is -0.504 e. The number of nitro groups is 1. The van der Waals surface area contributed by atoms with Crippen LogP contribution in [-0.2, 0) is 10.0 Å². The molecule has 0 amide bonds. The van der Waals surface area contributed by atoms with Gasteiger partial charge in [0.1, 0.15) is 11.4 Å². The number of phenols is 1. The van der Waals surface area contributed by atoms with Crippen molar-refractivity contribution < 1.29 is 27.9 Å². The molecule has 0 saturated carbocycles. The fourth-order valence-corrected chi connectivity index (χ4v) is 3.90. The lowest BCUT2D eigenvalue weighted by Gasteiger charge is -2.12. The molecule has 0 aliphatic rings. The van der Waals surface area contributed by atoms with Crippen LogP contribution in [0.25, 0.3) is 0 Å². The lowest BCUT2D eigenvalue weighted by atomic mass is 10.2. The van der Waals surface area contributed by atoms with Crippen LogP contribution in [-0.4, -0.2) is 38.9 Å². The number of methoxy groups -OCH3 is 2. The van der Waals surface area contributed by atoms with Crippen LogP contribution in [0.1, 0.15) is 5.56 Å². The number of aromatic hydroxyl groups is 1. The molecule has 33 heavy (non-hydrogen) atoms. The number of anilines is 2. The van der Waals surface area contributed by atoms with E-state index < -0.39 is 20.6 Å². The third-order valence-electron chi connectivity index (χ3n) is 4.43. The van der Waals surface area contributed by atoms with Gasteiger partial charge in [0, 0.05) is 6.07 Å². The van der Waals surface area contributed by atoms with E-state index in [0.29, 0.717) is 11.3 Å². The summed E-state index contributed by atoms with van der Waals surface area (Å²) in [7, 11) is -1.34. The summed E-state index contributed by atoms with van der Waals surface area (Å²) in [4.78, 5) is 10.5. The number of benzene rings is 3. The van der Waals surface area contributed by atoms with Gasteiger partial charge in [-0.15, -0.1) is 0 Å². The SMILES string of the molecule is COc1cc(/C=N\Nc2ccc(S(=O)(=O)Nc3ccccc3OC)cc2[N+](=O)[O-])ccc1O. The molecule has 0 unspecified atom stereocenters. The molecule has 11 nitrogen and oxygen atoms in total. The Labute approximate surface area is 189 Å². The van der Waals surface area contributed by atoms with Crippen LogP contribution in [0, 0.1) is 10.1 Å². The predicted molar refractivity (Wildman–Crippen MR) is 123 cm³/mol. The van der Waals surface area contributed by atoms with E-state index >= 15 is 0 Å². The Hall–Kier alpha value is -4.32. The zero-order chi connectivity index (χ0) is 24.0. The molecule has 0 spiro atoms. The topological polar surface area (TPSA) is 152 Å². The summed E-state index contributed by atoms with van der Waals surface area (Å²) in [6.45, 7) is 0. The van der Waals surface area contributed by atoms with Gasteiger partial charge in [0.15, 0.2) is 11.5 Å². The number of nitro benzene ring substituents is 1. The number of ether oxygens (including phenoxy) is 2. The van der Waals surface area contributed by atoms with Gasteiger partial charge in [-0.3, -0.25) is 20.3 Å². The summed E-state index contributed by atoms with van der Waals surface area (Å²) >= 11 is 0. The number of hydrogen-bond donors (Lipinski definition) is 3. The molecule has 0 atom stereocenters. The average Bonchev–Trinajstić information content (AvgIpc) is 2.80. The Bertz CT molecular complexity index is 1310. The van der Waals surface area contributed by atoms with Crippen molar-refractivity contribution in [2.75, 3.05) is 24.4 Å². The molecule has 0 fully saturated rings. The average molecular weight is 472 g/mol. The van der Waals surface area contributed by atoms with E-state index in [2.05, 4.69) is 15.2 Å². The van der Waals surface area contributed by atoms with Gasteiger partial charge in [-0.05, 0) is 48.0 Å². The number of para-hydroxylation sites is 2. The fraction of sp³-hybridized carbons (Fsp3) is 0.0952. The van der Waals surface area contributed by atoms with E-state index in [4.69, 9.17) is 9.47 Å². The first-order chi connectivity index (χ1) is 15.7. The fourth-order valence-electron chi connectivity index (χ4n) is 2.81. The second-order valence-electron chi connectivity index (χ2n) is 6.54. The van der Waals surface area contributed by atoms with Crippen molar-refractivity contribution in [3.05, 3.63) is 76.3 Å². The highest BCUT2D eigenvalue weighted by Crippen LogP contribution is 2.31. The van der Waals surface area contributed by atoms with Gasteiger partial charge in [-0.25, -0.2) is 8.42 Å². The molecule has 0 bridgehead atoms. The van der Waals surface area contributed by atoms with Crippen molar-refractivity contribution in [3.8, 4) is 17.2 Å². The second-order valence-corrected chi connectivity index (χ2v) is 8.23. The molecular formula is C21H20N4O7S. The monoisotopic (exact) mass is 472 g/mol. The maximum absolute atomic E-state index is 12.8. The minimum atomic E-state index is -4.13. The molecule has 0 aliphatic heterocycles. The maximum atomic E-state index is 12.8. The third-order valence-corrected chi connectivity index (χ3v) is 5.79. The largest absolute Gasteiger partial charge is 0.504 e. The maximum Gasteiger partial charge on any atom is 0.295 e. The normalized spacial score (nSPS) is 11.2. The highest BCUT2D eigenvalue weighted by molar-refractivity contribution is 7.92. The number of phenolic OH excluding ortho intramolecular Hbond substituents is 1. The van der Waals surface area contributed by atoms with Crippen molar-refractivity contribution in [3.63, 3.8) is 0 Å². The summed E-state index contributed by atoms with van der Waals surface area (Å²) in [6, 6.07) is 14.3. The molecule has 3 aromatic rings. The summed E-state index contributed by atoms with van der Waals surface area (Å²) in [5, 5.41) is 25.1. The molecule has 3 rings (SSSR count). The summed E-state index contributed by atoms with van der Waals surface area (Å²) in [6.07, 6.45) is 1.36. The molecule has 0 heterocycles. The Balaban J connectivity index is 1.85. The van der Waals surface area contributed by atoms with Crippen molar-refractivity contribution in [2.45, 2.75) is 4.90 Å². The van der Waals surface area contributed by atoms with Crippen molar-refractivity contribution >= 4 is 33.3 Å². The van der Waals surface area contributed by atoms with Gasteiger partial charge >= 0.3 is 0 Å². The molecule has 172 valence electrons. The molecule has 3 N–H and O–H groups in total. The zero-order valence-electron chi connectivity index (χ0n) is 17.6. The lowest BCUT2D eigenvalue weighted by Crippen LogP contribution is -2.14. The second kappa shape index (κ2) is 9.87. The summed E-state index contributed by atoms with van der Waals surface area (Å²) < 4.78 is 38.0. The van der Waals surface area contributed by atoms with Crippen LogP contribution in [0.4, 0.5) is 17.1 Å². The van der Waals surface area contributed by atoms with Crippen LogP contribution in [0.5, 0.6) is 17.2 Å². The highest BCUT2D eigenvalue weighted by atomic mass is 32.2. The van der Waals surface area contributed by atoms with Gasteiger partial charge in [-0.2, -0.15) is 5.10 Å². The molecule has 0 aromatic heterocycles. The lowest BCUT2D eigenvalue weighted by molar-refractivity contribution is -0.384. The van der Waals surface area contributed by atoms with Crippen molar-refractivity contribution in [2.24, 2.45) is 5.10 Å². The predicted octanol–water partition coefficient (Wildman–Crippen LogP) is 3.56. The quantitative estimate of drug-likeness (QED) is 0.243. The standard InChI is InChI=1S/C21H20N4O7S/c1-31-20-6-4-3-5-17(20)24-33(29,30)15-8-9-16(18(12-15)25(27)28)23-22-13-14-7-10-19(26)21(11-14)32-2/h3-13,23-24,26H,1-2H3/b22-13-. The van der Waals surface area contributed by atoms with Crippen molar-refractivity contribution in [1.29, 1.82) is 0 Å². The smallest absolute Gasteiger partial charge is 0.295 e. The molecular weight excluding hydrogens is 452 g/mol. The molecule has 0 aliphatic carbocycles. The highest BCUT2D eigenvalue weighted by Gasteiger charge is 2.22. The Kier molecular flexibility index (Phi) is 6.98. The number of rotatable bonds is 9. The first kappa shape index (κ1) is 23.3. The molecule has 3 aromatic carbocycles. The molecule has 0 saturated heterocycles. The molecule has 0 radical (unpaired) electrons. The van der Waals surface area contributed by atoms with Gasteiger partial charge in [-0.1, -0.05) is 12.1 Å². The summed E-state index contributed by atoms with van der Waals surface area (Å²) in [5.74, 6) is 0.493. The zero-order valence-corrected chi connectivity index (χ0v) is 18.4. The van der Waals surface area contributed by atoms with Crippen LogP contribution < -0.4 is 19.6 Å². The van der Waals surface area contributed by atoms with E-state index in [1.807, 2.05) is 0 Å². The van der Waals surface area contributed by atoms with Crippen molar-refractivity contribution in [1.82, 2.24) is 0 Å². The van der Waals surface area contributed by atoms with Gasteiger partial charge in [0.25, 0.3) is 15.7 Å². The number of nitrogens with one attached hydrogen (secondary N) is 2.